The number of benzene rings is 1. The summed E-state index contributed by atoms with van der Waals surface area (Å²) < 4.78 is 32.3. The Labute approximate surface area is 192 Å². The van der Waals surface area contributed by atoms with Gasteiger partial charge in [0.25, 0.3) is 0 Å². The van der Waals surface area contributed by atoms with Crippen LogP contribution in [0.25, 0.3) is 0 Å². The van der Waals surface area contributed by atoms with Crippen LogP contribution in [0.4, 0.5) is 0 Å². The Balaban J connectivity index is 0.00000420. The van der Waals surface area contributed by atoms with Crippen LogP contribution in [-0.2, 0) is 27.1 Å². The molecule has 0 radical (unpaired) electrons. The summed E-state index contributed by atoms with van der Waals surface area (Å²) >= 11 is 0. The lowest BCUT2D eigenvalue weighted by Gasteiger charge is -2.26. The van der Waals surface area contributed by atoms with Crippen LogP contribution in [0.15, 0.2) is 29.3 Å². The number of ether oxygens (including phenoxy) is 1. The minimum Gasteiger partial charge on any atom is -0.379 e. The molecule has 0 spiro atoms. The zero-order valence-electron chi connectivity index (χ0n) is 17.7. The molecule has 2 N–H and O–H groups in total. The van der Waals surface area contributed by atoms with Crippen LogP contribution in [-0.4, -0.2) is 58.6 Å². The SMILES string of the molecule is CCC(CC)CNC(=NC)NCc1ccccc1CS(=O)(=O)N1CCOCC1.I. The molecule has 0 unspecified atom stereocenters. The van der Waals surface area contributed by atoms with Crippen LogP contribution in [0.5, 0.6) is 0 Å². The third-order valence-electron chi connectivity index (χ3n) is 5.20. The van der Waals surface area contributed by atoms with Gasteiger partial charge >= 0.3 is 0 Å². The van der Waals surface area contributed by atoms with Gasteiger partial charge in [-0.3, -0.25) is 4.99 Å². The molecule has 2 rings (SSSR count). The predicted molar refractivity (Wildman–Crippen MR) is 129 cm³/mol. The van der Waals surface area contributed by atoms with Crippen molar-refractivity contribution in [3.63, 3.8) is 0 Å². The molecule has 1 heterocycles. The first-order valence-electron chi connectivity index (χ1n) is 10.1. The van der Waals surface area contributed by atoms with E-state index in [1.807, 2.05) is 24.3 Å². The van der Waals surface area contributed by atoms with E-state index in [9.17, 15) is 8.42 Å². The highest BCUT2D eigenvalue weighted by molar-refractivity contribution is 14.0. The van der Waals surface area contributed by atoms with Crippen molar-refractivity contribution in [1.29, 1.82) is 0 Å². The van der Waals surface area contributed by atoms with Crippen molar-refractivity contribution in [2.24, 2.45) is 10.9 Å². The molecular weight excluding hydrogens is 503 g/mol. The van der Waals surface area contributed by atoms with Crippen LogP contribution >= 0.6 is 24.0 Å². The van der Waals surface area contributed by atoms with Crippen molar-refractivity contribution in [2.75, 3.05) is 39.9 Å². The van der Waals surface area contributed by atoms with Crippen LogP contribution in [0.1, 0.15) is 37.8 Å². The lowest BCUT2D eigenvalue weighted by Crippen LogP contribution is -2.41. The van der Waals surface area contributed by atoms with E-state index < -0.39 is 10.0 Å². The van der Waals surface area contributed by atoms with E-state index in [0.717, 1.165) is 36.5 Å². The average Bonchev–Trinajstić information content (AvgIpc) is 2.72. The minimum absolute atomic E-state index is 0. The fourth-order valence-electron chi connectivity index (χ4n) is 3.20. The summed E-state index contributed by atoms with van der Waals surface area (Å²) in [6, 6.07) is 7.66. The Hall–Kier alpha value is -0.910. The zero-order chi connectivity index (χ0) is 20.4. The Kier molecular flexibility index (Phi) is 12.1. The maximum Gasteiger partial charge on any atom is 0.218 e. The monoisotopic (exact) mass is 538 g/mol. The number of nitrogens with one attached hydrogen (secondary N) is 2. The summed E-state index contributed by atoms with van der Waals surface area (Å²) in [5.41, 5.74) is 1.78. The van der Waals surface area contributed by atoms with E-state index in [2.05, 4.69) is 29.5 Å². The molecule has 0 aliphatic carbocycles. The Bertz CT molecular complexity index is 733. The van der Waals surface area contributed by atoms with Crippen LogP contribution in [0.2, 0.25) is 0 Å². The molecule has 7 nitrogen and oxygen atoms in total. The molecule has 1 aliphatic heterocycles. The Morgan fingerprint density at radius 1 is 1.14 bits per heavy atom. The van der Waals surface area contributed by atoms with Crippen LogP contribution in [0.3, 0.4) is 0 Å². The van der Waals surface area contributed by atoms with Gasteiger partial charge in [0.15, 0.2) is 5.96 Å². The van der Waals surface area contributed by atoms with E-state index in [-0.39, 0.29) is 29.7 Å². The summed E-state index contributed by atoms with van der Waals surface area (Å²) in [7, 11) is -1.60. The van der Waals surface area contributed by atoms with Gasteiger partial charge < -0.3 is 15.4 Å². The molecule has 0 aromatic heterocycles. The van der Waals surface area contributed by atoms with Gasteiger partial charge in [-0.1, -0.05) is 51.0 Å². The number of rotatable bonds is 9. The fraction of sp³-hybridized carbons (Fsp3) is 0.650. The fourth-order valence-corrected chi connectivity index (χ4v) is 4.76. The van der Waals surface area contributed by atoms with Gasteiger partial charge in [0.1, 0.15) is 0 Å². The zero-order valence-corrected chi connectivity index (χ0v) is 20.8. The molecule has 166 valence electrons. The van der Waals surface area contributed by atoms with Crippen molar-refractivity contribution >= 4 is 40.0 Å². The van der Waals surface area contributed by atoms with Gasteiger partial charge in [-0.2, -0.15) is 4.31 Å². The smallest absolute Gasteiger partial charge is 0.218 e. The van der Waals surface area contributed by atoms with Gasteiger partial charge in [-0.05, 0) is 17.0 Å². The topological polar surface area (TPSA) is 83.0 Å². The van der Waals surface area contributed by atoms with E-state index in [0.29, 0.717) is 38.8 Å². The molecule has 1 aromatic rings. The molecule has 9 heteroatoms. The van der Waals surface area contributed by atoms with Gasteiger partial charge in [0.05, 0.1) is 19.0 Å². The minimum atomic E-state index is -3.35. The molecule has 1 aromatic carbocycles. The number of hydrogen-bond acceptors (Lipinski definition) is 4. The third kappa shape index (κ3) is 8.39. The molecule has 0 bridgehead atoms. The molecule has 1 fully saturated rings. The quantitative estimate of drug-likeness (QED) is 0.287. The first-order chi connectivity index (χ1) is 13.5. The van der Waals surface area contributed by atoms with Crippen LogP contribution < -0.4 is 10.6 Å². The third-order valence-corrected chi connectivity index (χ3v) is 7.03. The second kappa shape index (κ2) is 13.4. The summed E-state index contributed by atoms with van der Waals surface area (Å²) in [6.07, 6.45) is 2.26. The van der Waals surface area contributed by atoms with Gasteiger partial charge in [0.2, 0.25) is 10.0 Å². The van der Waals surface area contributed by atoms with E-state index in [1.54, 1.807) is 7.05 Å². The highest BCUT2D eigenvalue weighted by atomic mass is 127. The summed E-state index contributed by atoms with van der Waals surface area (Å²) in [4.78, 5) is 4.28. The van der Waals surface area contributed by atoms with Crippen molar-refractivity contribution < 1.29 is 13.2 Å². The highest BCUT2D eigenvalue weighted by Crippen LogP contribution is 2.16. The molecule has 1 aliphatic rings. The lowest BCUT2D eigenvalue weighted by molar-refractivity contribution is 0.0729. The normalized spacial score (nSPS) is 15.8. The van der Waals surface area contributed by atoms with Gasteiger partial charge in [-0.15, -0.1) is 24.0 Å². The van der Waals surface area contributed by atoms with Gasteiger partial charge in [-0.25, -0.2) is 8.42 Å². The van der Waals surface area contributed by atoms with Crippen molar-refractivity contribution in [1.82, 2.24) is 14.9 Å². The largest absolute Gasteiger partial charge is 0.379 e. The van der Waals surface area contributed by atoms with Crippen LogP contribution in [0, 0.1) is 5.92 Å². The molecule has 0 amide bonds. The maximum absolute atomic E-state index is 12.8. The average molecular weight is 538 g/mol. The van der Waals surface area contributed by atoms with E-state index in [1.165, 1.54) is 4.31 Å². The molecule has 0 saturated carbocycles. The predicted octanol–water partition coefficient (Wildman–Crippen LogP) is 2.57. The second-order valence-corrected chi connectivity index (χ2v) is 8.99. The Morgan fingerprint density at radius 2 is 1.76 bits per heavy atom. The first kappa shape index (κ1) is 26.1. The number of guanidine groups is 1. The number of aliphatic imine (C=N–C) groups is 1. The first-order valence-corrected chi connectivity index (χ1v) is 11.7. The summed E-state index contributed by atoms with van der Waals surface area (Å²) in [6.45, 7) is 7.55. The number of hydrogen-bond donors (Lipinski definition) is 2. The molecule has 1 saturated heterocycles. The van der Waals surface area contributed by atoms with Crippen molar-refractivity contribution in [3.8, 4) is 0 Å². The second-order valence-electron chi connectivity index (χ2n) is 7.03. The molecule has 0 atom stereocenters. The number of nitrogens with zero attached hydrogens (tertiary/aromatic N) is 2. The lowest BCUT2D eigenvalue weighted by atomic mass is 10.0. The highest BCUT2D eigenvalue weighted by Gasteiger charge is 2.25. The number of morpholine rings is 1. The molecule has 29 heavy (non-hydrogen) atoms. The summed E-state index contributed by atoms with van der Waals surface area (Å²) in [5, 5.41) is 6.66. The number of sulfonamides is 1. The maximum atomic E-state index is 12.8. The summed E-state index contributed by atoms with van der Waals surface area (Å²) in [5.74, 6) is 1.35. The van der Waals surface area contributed by atoms with Gasteiger partial charge in [0, 0.05) is 33.2 Å². The van der Waals surface area contributed by atoms with Crippen molar-refractivity contribution in [3.05, 3.63) is 35.4 Å². The number of halogens is 1. The standard InChI is InChI=1S/C20H34N4O3S.HI/c1-4-17(5-2)14-22-20(21-3)23-15-18-8-6-7-9-19(18)16-28(25,26)24-10-12-27-13-11-24;/h6-9,17H,4-5,10-16H2,1-3H3,(H2,21,22,23);1H. The van der Waals surface area contributed by atoms with E-state index >= 15 is 0 Å². The molecular formula is C20H35IN4O3S. The van der Waals surface area contributed by atoms with Crippen molar-refractivity contribution in [2.45, 2.75) is 39.0 Å². The Morgan fingerprint density at radius 3 is 2.34 bits per heavy atom. The van der Waals surface area contributed by atoms with E-state index in [4.69, 9.17) is 4.74 Å².